The molecule has 1 amide bonds. The van der Waals surface area contributed by atoms with E-state index in [1.807, 2.05) is 36.1 Å². The number of benzene rings is 1. The fourth-order valence-electron chi connectivity index (χ4n) is 3.66. The van der Waals surface area contributed by atoms with E-state index in [4.69, 9.17) is 4.74 Å². The van der Waals surface area contributed by atoms with Crippen LogP contribution in [0.3, 0.4) is 0 Å². The Morgan fingerprint density at radius 2 is 1.95 bits per heavy atom. The van der Waals surface area contributed by atoms with E-state index < -0.39 is 0 Å². The van der Waals surface area contributed by atoms with Crippen LogP contribution in [0, 0.1) is 5.92 Å². The quantitative estimate of drug-likeness (QED) is 0.930. The standard InChI is InChI=1S/C18H26N2O2/c1-2-22-16-7-5-15(6-8-16)18(21)20-12-9-14(10-13-20)17-4-3-11-19-17/h5-8,14,17,19H,2-4,9-13H2,1H3. The second kappa shape index (κ2) is 7.14. The second-order valence-electron chi connectivity index (χ2n) is 6.29. The Morgan fingerprint density at radius 1 is 1.23 bits per heavy atom. The molecule has 4 heteroatoms. The smallest absolute Gasteiger partial charge is 0.253 e. The molecule has 1 N–H and O–H groups in total. The van der Waals surface area contributed by atoms with Gasteiger partial charge in [-0.2, -0.15) is 0 Å². The maximum absolute atomic E-state index is 12.6. The lowest BCUT2D eigenvalue weighted by atomic mass is 9.88. The fourth-order valence-corrected chi connectivity index (χ4v) is 3.66. The highest BCUT2D eigenvalue weighted by Crippen LogP contribution is 2.26. The number of likely N-dealkylation sites (tertiary alicyclic amines) is 1. The molecule has 2 heterocycles. The molecule has 1 unspecified atom stereocenters. The molecule has 1 aromatic rings. The molecule has 120 valence electrons. The number of nitrogens with zero attached hydrogens (tertiary/aromatic N) is 1. The van der Waals surface area contributed by atoms with Crippen molar-refractivity contribution in [3.63, 3.8) is 0 Å². The van der Waals surface area contributed by atoms with E-state index in [9.17, 15) is 4.79 Å². The van der Waals surface area contributed by atoms with Gasteiger partial charge in [-0.15, -0.1) is 0 Å². The summed E-state index contributed by atoms with van der Waals surface area (Å²) in [6.07, 6.45) is 4.86. The second-order valence-corrected chi connectivity index (χ2v) is 6.29. The van der Waals surface area contributed by atoms with Crippen LogP contribution in [0.5, 0.6) is 5.75 Å². The first-order valence-electron chi connectivity index (χ1n) is 8.53. The van der Waals surface area contributed by atoms with E-state index in [-0.39, 0.29) is 5.91 Å². The third-order valence-electron chi connectivity index (χ3n) is 4.91. The van der Waals surface area contributed by atoms with Crippen molar-refractivity contribution in [2.45, 2.75) is 38.6 Å². The Morgan fingerprint density at radius 3 is 2.55 bits per heavy atom. The summed E-state index contributed by atoms with van der Waals surface area (Å²) in [6.45, 7) is 5.54. The van der Waals surface area contributed by atoms with E-state index in [0.29, 0.717) is 12.6 Å². The summed E-state index contributed by atoms with van der Waals surface area (Å²) in [5.74, 6) is 1.72. The van der Waals surface area contributed by atoms with Crippen molar-refractivity contribution in [3.05, 3.63) is 29.8 Å². The average molecular weight is 302 g/mol. The number of amides is 1. The zero-order chi connectivity index (χ0) is 15.4. The topological polar surface area (TPSA) is 41.6 Å². The van der Waals surface area contributed by atoms with Crippen LogP contribution in [-0.2, 0) is 0 Å². The Kier molecular flexibility index (Phi) is 4.98. The molecular formula is C18H26N2O2. The van der Waals surface area contributed by atoms with Crippen LogP contribution in [0.4, 0.5) is 0 Å². The van der Waals surface area contributed by atoms with Gasteiger partial charge in [0, 0.05) is 24.7 Å². The van der Waals surface area contributed by atoms with Gasteiger partial charge in [0.25, 0.3) is 5.91 Å². The van der Waals surface area contributed by atoms with Crippen LogP contribution >= 0.6 is 0 Å². The van der Waals surface area contributed by atoms with Crippen molar-refractivity contribution in [2.24, 2.45) is 5.92 Å². The molecule has 0 radical (unpaired) electrons. The molecule has 3 rings (SSSR count). The molecular weight excluding hydrogens is 276 g/mol. The molecule has 4 nitrogen and oxygen atoms in total. The van der Waals surface area contributed by atoms with Gasteiger partial charge in [0.2, 0.25) is 0 Å². The summed E-state index contributed by atoms with van der Waals surface area (Å²) < 4.78 is 5.43. The van der Waals surface area contributed by atoms with Crippen molar-refractivity contribution in [2.75, 3.05) is 26.2 Å². The molecule has 2 aliphatic rings. The van der Waals surface area contributed by atoms with Gasteiger partial charge in [0.1, 0.15) is 5.75 Å². The van der Waals surface area contributed by atoms with Crippen molar-refractivity contribution >= 4 is 5.91 Å². The van der Waals surface area contributed by atoms with Gasteiger partial charge >= 0.3 is 0 Å². The highest BCUT2D eigenvalue weighted by atomic mass is 16.5. The molecule has 2 aliphatic heterocycles. The van der Waals surface area contributed by atoms with Crippen LogP contribution in [-0.4, -0.2) is 43.1 Å². The van der Waals surface area contributed by atoms with Crippen molar-refractivity contribution in [1.29, 1.82) is 0 Å². The lowest BCUT2D eigenvalue weighted by molar-refractivity contribution is 0.0674. The number of nitrogens with one attached hydrogen (secondary N) is 1. The number of ether oxygens (including phenoxy) is 1. The summed E-state index contributed by atoms with van der Waals surface area (Å²) in [4.78, 5) is 14.6. The first-order chi connectivity index (χ1) is 10.8. The summed E-state index contributed by atoms with van der Waals surface area (Å²) >= 11 is 0. The third-order valence-corrected chi connectivity index (χ3v) is 4.91. The van der Waals surface area contributed by atoms with Crippen LogP contribution in [0.2, 0.25) is 0 Å². The van der Waals surface area contributed by atoms with Gasteiger partial charge in [0.15, 0.2) is 0 Å². The minimum atomic E-state index is 0.154. The lowest BCUT2D eigenvalue weighted by Crippen LogP contribution is -2.43. The molecule has 1 aromatic carbocycles. The number of hydrogen-bond acceptors (Lipinski definition) is 3. The molecule has 2 fully saturated rings. The average Bonchev–Trinajstić information content (AvgIpc) is 3.10. The molecule has 2 saturated heterocycles. The number of rotatable bonds is 4. The molecule has 0 spiro atoms. The zero-order valence-electron chi connectivity index (χ0n) is 13.4. The number of carbonyl (C=O) groups is 1. The minimum Gasteiger partial charge on any atom is -0.494 e. The van der Waals surface area contributed by atoms with Crippen molar-refractivity contribution < 1.29 is 9.53 Å². The maximum atomic E-state index is 12.6. The normalized spacial score (nSPS) is 22.8. The van der Waals surface area contributed by atoms with E-state index in [0.717, 1.165) is 49.7 Å². The van der Waals surface area contributed by atoms with Gasteiger partial charge in [-0.05, 0) is 69.3 Å². The van der Waals surface area contributed by atoms with Gasteiger partial charge in [-0.3, -0.25) is 4.79 Å². The Labute approximate surface area is 132 Å². The Bertz CT molecular complexity index is 486. The molecule has 0 saturated carbocycles. The number of piperidine rings is 1. The monoisotopic (exact) mass is 302 g/mol. The van der Waals surface area contributed by atoms with Crippen LogP contribution in [0.1, 0.15) is 43.0 Å². The largest absolute Gasteiger partial charge is 0.494 e. The van der Waals surface area contributed by atoms with Gasteiger partial charge < -0.3 is 15.0 Å². The van der Waals surface area contributed by atoms with E-state index in [2.05, 4.69) is 5.32 Å². The summed E-state index contributed by atoms with van der Waals surface area (Å²) in [5, 5.41) is 3.60. The molecule has 1 atom stereocenters. The van der Waals surface area contributed by atoms with Crippen LogP contribution in [0.25, 0.3) is 0 Å². The minimum absolute atomic E-state index is 0.154. The molecule has 22 heavy (non-hydrogen) atoms. The maximum Gasteiger partial charge on any atom is 0.253 e. The number of hydrogen-bond donors (Lipinski definition) is 1. The molecule has 0 aliphatic carbocycles. The summed E-state index contributed by atoms with van der Waals surface area (Å²) in [6, 6.07) is 8.19. The summed E-state index contributed by atoms with van der Waals surface area (Å²) in [5.41, 5.74) is 0.765. The van der Waals surface area contributed by atoms with Crippen LogP contribution in [0.15, 0.2) is 24.3 Å². The highest BCUT2D eigenvalue weighted by Gasteiger charge is 2.30. The number of carbonyl (C=O) groups excluding carboxylic acids is 1. The zero-order valence-corrected chi connectivity index (χ0v) is 13.4. The van der Waals surface area contributed by atoms with Crippen LogP contribution < -0.4 is 10.1 Å². The first-order valence-corrected chi connectivity index (χ1v) is 8.53. The summed E-state index contributed by atoms with van der Waals surface area (Å²) in [7, 11) is 0. The first kappa shape index (κ1) is 15.3. The predicted octanol–water partition coefficient (Wildman–Crippen LogP) is 2.69. The van der Waals surface area contributed by atoms with E-state index >= 15 is 0 Å². The van der Waals surface area contributed by atoms with E-state index in [1.165, 1.54) is 12.8 Å². The lowest BCUT2D eigenvalue weighted by Gasteiger charge is -2.35. The Hall–Kier alpha value is -1.55. The van der Waals surface area contributed by atoms with Crippen molar-refractivity contribution in [3.8, 4) is 5.75 Å². The predicted molar refractivity (Wildman–Crippen MR) is 87.3 cm³/mol. The SMILES string of the molecule is CCOc1ccc(C(=O)N2CCC(C3CCCN3)CC2)cc1. The highest BCUT2D eigenvalue weighted by molar-refractivity contribution is 5.94. The molecule has 0 bridgehead atoms. The molecule has 0 aromatic heterocycles. The van der Waals surface area contributed by atoms with Gasteiger partial charge in [-0.1, -0.05) is 0 Å². The fraction of sp³-hybridized carbons (Fsp3) is 0.611. The van der Waals surface area contributed by atoms with Gasteiger partial charge in [-0.25, -0.2) is 0 Å². The third kappa shape index (κ3) is 3.43. The Balaban J connectivity index is 1.54. The van der Waals surface area contributed by atoms with Gasteiger partial charge in [0.05, 0.1) is 6.61 Å². The van der Waals surface area contributed by atoms with Crippen molar-refractivity contribution in [1.82, 2.24) is 10.2 Å². The van der Waals surface area contributed by atoms with E-state index in [1.54, 1.807) is 0 Å².